The molecule has 0 amide bonds. The quantitative estimate of drug-likeness (QED) is 0.643. The van der Waals surface area contributed by atoms with E-state index in [0.29, 0.717) is 5.25 Å². The molecule has 0 saturated heterocycles. The predicted octanol–water partition coefficient (Wildman–Crippen LogP) is 1.25. The third-order valence-electron chi connectivity index (χ3n) is 2.48. The molecular weight excluding hydrogens is 210 g/mol. The Hall–Kier alpha value is -0.520. The van der Waals surface area contributed by atoms with Gasteiger partial charge in [-0.1, -0.05) is 18.7 Å². The van der Waals surface area contributed by atoms with E-state index >= 15 is 0 Å². The van der Waals surface area contributed by atoms with Crippen molar-refractivity contribution >= 4 is 11.8 Å². The van der Waals surface area contributed by atoms with Crippen molar-refractivity contribution in [3.63, 3.8) is 0 Å². The molecule has 2 unspecified atom stereocenters. The van der Waals surface area contributed by atoms with E-state index in [2.05, 4.69) is 22.2 Å². The minimum absolute atomic E-state index is 0.145. The monoisotopic (exact) mass is 229 g/mol. The molecule has 86 valence electrons. The number of thioether (sulfide) groups is 1. The third kappa shape index (κ3) is 3.85. The first-order chi connectivity index (χ1) is 7.09. The number of aromatic amines is 1. The van der Waals surface area contributed by atoms with E-state index in [-0.39, 0.29) is 12.1 Å². The molecule has 1 rings (SSSR count). The zero-order valence-electron chi connectivity index (χ0n) is 9.45. The van der Waals surface area contributed by atoms with Crippen LogP contribution in [0.1, 0.15) is 20.3 Å². The van der Waals surface area contributed by atoms with Crippen LogP contribution in [0.2, 0.25) is 0 Å². The van der Waals surface area contributed by atoms with Gasteiger partial charge in [0.2, 0.25) is 0 Å². The highest BCUT2D eigenvalue weighted by Crippen LogP contribution is 2.25. The first-order valence-electron chi connectivity index (χ1n) is 5.05. The van der Waals surface area contributed by atoms with Gasteiger partial charge in [0.1, 0.15) is 0 Å². The maximum absolute atomic E-state index is 9.27. The number of nitrogens with one attached hydrogen (secondary N) is 2. The summed E-state index contributed by atoms with van der Waals surface area (Å²) in [5.74, 6) is 0. The van der Waals surface area contributed by atoms with Gasteiger partial charge in [-0.05, 0) is 20.4 Å². The van der Waals surface area contributed by atoms with Gasteiger partial charge in [0.05, 0.1) is 6.61 Å². The fourth-order valence-corrected chi connectivity index (χ4v) is 2.52. The van der Waals surface area contributed by atoms with Crippen LogP contribution in [0, 0.1) is 0 Å². The molecule has 15 heavy (non-hydrogen) atoms. The predicted molar refractivity (Wildman–Crippen MR) is 63.1 cm³/mol. The van der Waals surface area contributed by atoms with Gasteiger partial charge in [-0.15, -0.1) is 0 Å². The molecule has 1 aromatic heterocycles. The molecule has 4 nitrogen and oxygen atoms in total. The lowest BCUT2D eigenvalue weighted by Gasteiger charge is -2.29. The van der Waals surface area contributed by atoms with Gasteiger partial charge in [-0.3, -0.25) is 0 Å². The van der Waals surface area contributed by atoms with Gasteiger partial charge in [0.25, 0.3) is 0 Å². The molecule has 5 heteroatoms. The lowest BCUT2D eigenvalue weighted by Crippen LogP contribution is -2.45. The molecule has 1 heterocycles. The highest BCUT2D eigenvalue weighted by atomic mass is 32.2. The maximum atomic E-state index is 9.27. The average Bonchev–Trinajstić information content (AvgIpc) is 2.70. The molecule has 0 bridgehead atoms. The van der Waals surface area contributed by atoms with Gasteiger partial charge >= 0.3 is 0 Å². The summed E-state index contributed by atoms with van der Waals surface area (Å²) in [5, 5.41) is 13.7. The molecule has 0 aromatic carbocycles. The van der Waals surface area contributed by atoms with Gasteiger partial charge in [-0.25, -0.2) is 4.98 Å². The van der Waals surface area contributed by atoms with Crippen LogP contribution in [0.4, 0.5) is 0 Å². The summed E-state index contributed by atoms with van der Waals surface area (Å²) in [6.45, 7) is 4.30. The SMILES string of the molecule is CNC(C)(CO)CC(C)Sc1ncc[nH]1. The molecule has 0 aliphatic carbocycles. The minimum Gasteiger partial charge on any atom is -0.394 e. The summed E-state index contributed by atoms with van der Waals surface area (Å²) in [7, 11) is 1.88. The van der Waals surface area contributed by atoms with Crippen LogP contribution in [-0.2, 0) is 0 Å². The Kier molecular flexibility index (Phi) is 4.63. The number of H-pyrrole nitrogens is 1. The number of aliphatic hydroxyl groups is 1. The van der Waals surface area contributed by atoms with Crippen LogP contribution in [0.3, 0.4) is 0 Å². The number of likely N-dealkylation sites (N-methyl/N-ethyl adjacent to an activating group) is 1. The zero-order chi connectivity index (χ0) is 11.3. The minimum atomic E-state index is -0.209. The molecule has 0 spiro atoms. The van der Waals surface area contributed by atoms with Crippen molar-refractivity contribution in [1.82, 2.24) is 15.3 Å². The molecule has 0 aliphatic heterocycles. The van der Waals surface area contributed by atoms with Gasteiger partial charge < -0.3 is 15.4 Å². The number of hydrogen-bond donors (Lipinski definition) is 3. The summed E-state index contributed by atoms with van der Waals surface area (Å²) in [6.07, 6.45) is 4.46. The van der Waals surface area contributed by atoms with Crippen LogP contribution in [0.15, 0.2) is 17.6 Å². The van der Waals surface area contributed by atoms with Crippen molar-refractivity contribution in [3.05, 3.63) is 12.4 Å². The smallest absolute Gasteiger partial charge is 0.165 e. The fraction of sp³-hybridized carbons (Fsp3) is 0.700. The Morgan fingerprint density at radius 2 is 2.47 bits per heavy atom. The van der Waals surface area contributed by atoms with Crippen LogP contribution < -0.4 is 5.32 Å². The fourth-order valence-electron chi connectivity index (χ4n) is 1.43. The van der Waals surface area contributed by atoms with Gasteiger partial charge in [0, 0.05) is 23.2 Å². The van der Waals surface area contributed by atoms with Crippen molar-refractivity contribution in [1.29, 1.82) is 0 Å². The molecule has 0 fully saturated rings. The van der Waals surface area contributed by atoms with E-state index in [1.54, 1.807) is 18.0 Å². The van der Waals surface area contributed by atoms with Crippen molar-refractivity contribution < 1.29 is 5.11 Å². The Balaban J connectivity index is 2.44. The second kappa shape index (κ2) is 5.53. The first-order valence-corrected chi connectivity index (χ1v) is 5.93. The van der Waals surface area contributed by atoms with E-state index in [4.69, 9.17) is 0 Å². The highest BCUT2D eigenvalue weighted by molar-refractivity contribution is 7.99. The Morgan fingerprint density at radius 1 is 1.73 bits per heavy atom. The number of hydrogen-bond acceptors (Lipinski definition) is 4. The first kappa shape index (κ1) is 12.5. The summed E-state index contributed by atoms with van der Waals surface area (Å²) >= 11 is 1.69. The van der Waals surface area contributed by atoms with Gasteiger partial charge in [0.15, 0.2) is 5.16 Å². The molecular formula is C10H19N3OS. The summed E-state index contributed by atoms with van der Waals surface area (Å²) < 4.78 is 0. The Labute approximate surface area is 94.9 Å². The van der Waals surface area contributed by atoms with Gasteiger partial charge in [-0.2, -0.15) is 0 Å². The van der Waals surface area contributed by atoms with E-state index in [1.807, 2.05) is 20.2 Å². The summed E-state index contributed by atoms with van der Waals surface area (Å²) in [4.78, 5) is 7.22. The highest BCUT2D eigenvalue weighted by Gasteiger charge is 2.24. The Bertz CT molecular complexity index is 272. The van der Waals surface area contributed by atoms with Crippen LogP contribution in [0.25, 0.3) is 0 Å². The van der Waals surface area contributed by atoms with E-state index in [1.165, 1.54) is 0 Å². The van der Waals surface area contributed by atoms with Crippen molar-refractivity contribution in [2.24, 2.45) is 0 Å². The van der Waals surface area contributed by atoms with E-state index < -0.39 is 0 Å². The van der Waals surface area contributed by atoms with Crippen molar-refractivity contribution in [2.75, 3.05) is 13.7 Å². The van der Waals surface area contributed by atoms with E-state index in [9.17, 15) is 5.11 Å². The van der Waals surface area contributed by atoms with Crippen LogP contribution in [-0.4, -0.2) is 39.5 Å². The second-order valence-electron chi connectivity index (χ2n) is 4.00. The number of rotatable bonds is 6. The molecule has 2 atom stereocenters. The third-order valence-corrected chi connectivity index (χ3v) is 3.49. The lowest BCUT2D eigenvalue weighted by atomic mass is 9.98. The normalized spacial score (nSPS) is 17.3. The van der Waals surface area contributed by atoms with E-state index in [0.717, 1.165) is 11.6 Å². The lowest BCUT2D eigenvalue weighted by molar-refractivity contribution is 0.174. The standard InChI is InChI=1S/C10H19N3OS/c1-8(6-10(2,7-14)11-3)15-9-12-4-5-13-9/h4-5,8,11,14H,6-7H2,1-3H3,(H,12,13). The molecule has 0 radical (unpaired) electrons. The van der Waals surface area contributed by atoms with Crippen molar-refractivity contribution in [2.45, 2.75) is 36.2 Å². The largest absolute Gasteiger partial charge is 0.394 e. The summed E-state index contributed by atoms with van der Waals surface area (Å²) in [6, 6.07) is 0. The molecule has 1 aromatic rings. The molecule has 0 aliphatic rings. The number of imidazole rings is 1. The maximum Gasteiger partial charge on any atom is 0.165 e. The van der Waals surface area contributed by atoms with Crippen LogP contribution in [0.5, 0.6) is 0 Å². The molecule has 0 saturated carbocycles. The average molecular weight is 229 g/mol. The number of aromatic nitrogens is 2. The van der Waals surface area contributed by atoms with Crippen molar-refractivity contribution in [3.8, 4) is 0 Å². The summed E-state index contributed by atoms with van der Waals surface area (Å²) in [5.41, 5.74) is -0.209. The molecule has 3 N–H and O–H groups in total. The van der Waals surface area contributed by atoms with Crippen LogP contribution >= 0.6 is 11.8 Å². The zero-order valence-corrected chi connectivity index (χ0v) is 10.3. The Morgan fingerprint density at radius 3 is 2.93 bits per heavy atom. The number of nitrogens with zero attached hydrogens (tertiary/aromatic N) is 1. The topological polar surface area (TPSA) is 60.9 Å². The second-order valence-corrected chi connectivity index (χ2v) is 5.42. The number of aliphatic hydroxyl groups excluding tert-OH is 1.